The van der Waals surface area contributed by atoms with Gasteiger partial charge in [0.05, 0.1) is 0 Å². The molecule has 0 atom stereocenters. The van der Waals surface area contributed by atoms with Crippen molar-refractivity contribution in [3.8, 4) is 0 Å². The summed E-state index contributed by atoms with van der Waals surface area (Å²) in [4.78, 5) is 7.13. The Morgan fingerprint density at radius 3 is 2.60 bits per heavy atom. The summed E-state index contributed by atoms with van der Waals surface area (Å²) in [5, 5.41) is 7.67. The Labute approximate surface area is 121 Å². The minimum Gasteiger partial charge on any atom is -0.339 e. The SMILES string of the molecule is CC(C)NCCN1CCC(c2noc(C3CC3)n2)CC1. The molecule has 0 aromatic carbocycles. The zero-order valence-corrected chi connectivity index (χ0v) is 12.6. The molecule has 0 radical (unpaired) electrons. The molecule has 0 bridgehead atoms. The molecule has 5 heteroatoms. The van der Waals surface area contributed by atoms with Crippen molar-refractivity contribution in [1.29, 1.82) is 0 Å². The van der Waals surface area contributed by atoms with Gasteiger partial charge in [0.2, 0.25) is 5.89 Å². The average molecular weight is 278 g/mol. The lowest BCUT2D eigenvalue weighted by molar-refractivity contribution is 0.206. The van der Waals surface area contributed by atoms with Crippen LogP contribution in [0.25, 0.3) is 0 Å². The van der Waals surface area contributed by atoms with E-state index < -0.39 is 0 Å². The number of likely N-dealkylation sites (tertiary alicyclic amines) is 1. The van der Waals surface area contributed by atoms with Gasteiger partial charge in [-0.2, -0.15) is 4.98 Å². The minimum absolute atomic E-state index is 0.501. The highest BCUT2D eigenvalue weighted by Gasteiger charge is 2.31. The van der Waals surface area contributed by atoms with Crippen molar-refractivity contribution in [2.75, 3.05) is 26.2 Å². The lowest BCUT2D eigenvalue weighted by Crippen LogP contribution is -2.39. The van der Waals surface area contributed by atoms with Gasteiger partial charge in [-0.05, 0) is 38.8 Å². The Kier molecular flexibility index (Phi) is 4.36. The van der Waals surface area contributed by atoms with Crippen molar-refractivity contribution in [2.45, 2.75) is 57.4 Å². The molecule has 112 valence electrons. The molecule has 20 heavy (non-hydrogen) atoms. The Morgan fingerprint density at radius 1 is 1.20 bits per heavy atom. The summed E-state index contributed by atoms with van der Waals surface area (Å²) in [6.07, 6.45) is 4.77. The predicted molar refractivity (Wildman–Crippen MR) is 77.8 cm³/mol. The molecule has 2 fully saturated rings. The van der Waals surface area contributed by atoms with E-state index in [0.29, 0.717) is 17.9 Å². The van der Waals surface area contributed by atoms with Crippen LogP contribution in [0, 0.1) is 0 Å². The number of piperidine rings is 1. The van der Waals surface area contributed by atoms with Crippen LogP contribution in [0.2, 0.25) is 0 Å². The van der Waals surface area contributed by atoms with E-state index in [1.165, 1.54) is 12.8 Å². The standard InChI is InChI=1S/C15H26N4O/c1-11(2)16-7-10-19-8-5-12(6-9-19)14-17-15(20-18-14)13-3-4-13/h11-13,16H,3-10H2,1-2H3. The Balaban J connectivity index is 1.43. The van der Waals surface area contributed by atoms with Crippen LogP contribution in [-0.4, -0.2) is 47.3 Å². The fraction of sp³-hybridized carbons (Fsp3) is 0.867. The van der Waals surface area contributed by atoms with Gasteiger partial charge in [0.1, 0.15) is 0 Å². The first-order valence-electron chi connectivity index (χ1n) is 8.01. The molecule has 5 nitrogen and oxygen atoms in total. The Morgan fingerprint density at radius 2 is 1.95 bits per heavy atom. The van der Waals surface area contributed by atoms with E-state index in [1.807, 2.05) is 0 Å². The molecule has 0 spiro atoms. The second-order valence-electron chi connectivity index (χ2n) is 6.49. The second kappa shape index (κ2) is 6.22. The van der Waals surface area contributed by atoms with Gasteiger partial charge in [-0.25, -0.2) is 0 Å². The molecule has 1 saturated heterocycles. The molecule has 2 heterocycles. The number of aromatic nitrogens is 2. The highest BCUT2D eigenvalue weighted by molar-refractivity contribution is 5.05. The van der Waals surface area contributed by atoms with E-state index in [-0.39, 0.29) is 0 Å². The van der Waals surface area contributed by atoms with Crippen LogP contribution >= 0.6 is 0 Å². The minimum atomic E-state index is 0.501. The van der Waals surface area contributed by atoms with Crippen molar-refractivity contribution in [2.24, 2.45) is 0 Å². The first-order chi connectivity index (χ1) is 9.72. The lowest BCUT2D eigenvalue weighted by Gasteiger charge is -2.30. The van der Waals surface area contributed by atoms with Crippen molar-refractivity contribution in [3.63, 3.8) is 0 Å². The topological polar surface area (TPSA) is 54.2 Å². The van der Waals surface area contributed by atoms with Crippen LogP contribution in [0.1, 0.15) is 63.1 Å². The van der Waals surface area contributed by atoms with Gasteiger partial charge in [0.25, 0.3) is 0 Å². The number of hydrogen-bond acceptors (Lipinski definition) is 5. The highest BCUT2D eigenvalue weighted by atomic mass is 16.5. The molecule has 1 saturated carbocycles. The molecule has 2 aliphatic rings. The van der Waals surface area contributed by atoms with E-state index >= 15 is 0 Å². The van der Waals surface area contributed by atoms with E-state index in [0.717, 1.165) is 50.7 Å². The van der Waals surface area contributed by atoms with Crippen molar-refractivity contribution in [3.05, 3.63) is 11.7 Å². The Bertz CT molecular complexity index is 419. The summed E-state index contributed by atoms with van der Waals surface area (Å²) in [6.45, 7) is 8.91. The van der Waals surface area contributed by atoms with E-state index in [2.05, 4.69) is 34.2 Å². The van der Waals surface area contributed by atoms with Gasteiger partial charge >= 0.3 is 0 Å². The average Bonchev–Trinajstić information content (AvgIpc) is 3.17. The molecule has 0 amide bonds. The van der Waals surface area contributed by atoms with Crippen LogP contribution in [0.3, 0.4) is 0 Å². The first kappa shape index (κ1) is 14.0. The van der Waals surface area contributed by atoms with Gasteiger partial charge < -0.3 is 14.7 Å². The summed E-state index contributed by atoms with van der Waals surface area (Å²) in [6, 6.07) is 0.577. The van der Waals surface area contributed by atoms with E-state index in [9.17, 15) is 0 Å². The number of nitrogens with zero attached hydrogens (tertiary/aromatic N) is 3. The molecular weight excluding hydrogens is 252 g/mol. The van der Waals surface area contributed by atoms with Gasteiger partial charge in [-0.1, -0.05) is 19.0 Å². The summed E-state index contributed by atoms with van der Waals surface area (Å²) in [5.41, 5.74) is 0. The maximum atomic E-state index is 5.38. The zero-order valence-electron chi connectivity index (χ0n) is 12.6. The largest absolute Gasteiger partial charge is 0.339 e. The van der Waals surface area contributed by atoms with Gasteiger partial charge in [-0.15, -0.1) is 0 Å². The van der Waals surface area contributed by atoms with Crippen molar-refractivity contribution >= 4 is 0 Å². The fourth-order valence-electron chi connectivity index (χ4n) is 2.84. The highest BCUT2D eigenvalue weighted by Crippen LogP contribution is 2.39. The summed E-state index contributed by atoms with van der Waals surface area (Å²) in [7, 11) is 0. The number of hydrogen-bond donors (Lipinski definition) is 1. The monoisotopic (exact) mass is 278 g/mol. The predicted octanol–water partition coefficient (Wildman–Crippen LogP) is 2.12. The smallest absolute Gasteiger partial charge is 0.229 e. The third kappa shape index (κ3) is 3.58. The molecule has 3 rings (SSSR count). The summed E-state index contributed by atoms with van der Waals surface area (Å²) in [5.74, 6) is 2.90. The maximum Gasteiger partial charge on any atom is 0.229 e. The summed E-state index contributed by atoms with van der Waals surface area (Å²) < 4.78 is 5.38. The van der Waals surface area contributed by atoms with E-state index in [4.69, 9.17) is 4.52 Å². The number of nitrogens with one attached hydrogen (secondary N) is 1. The molecule has 1 aromatic rings. The van der Waals surface area contributed by atoms with E-state index in [1.54, 1.807) is 0 Å². The normalized spacial score (nSPS) is 21.8. The maximum absolute atomic E-state index is 5.38. The second-order valence-corrected chi connectivity index (χ2v) is 6.49. The first-order valence-corrected chi connectivity index (χ1v) is 8.01. The van der Waals surface area contributed by atoms with Crippen LogP contribution in [-0.2, 0) is 0 Å². The lowest BCUT2D eigenvalue weighted by atomic mass is 9.96. The van der Waals surface area contributed by atoms with Gasteiger partial charge in [0, 0.05) is 31.0 Å². The third-order valence-corrected chi connectivity index (χ3v) is 4.32. The molecule has 1 aromatic heterocycles. The summed E-state index contributed by atoms with van der Waals surface area (Å²) >= 11 is 0. The molecule has 0 unspecified atom stereocenters. The number of rotatable bonds is 6. The van der Waals surface area contributed by atoms with Crippen LogP contribution in [0.4, 0.5) is 0 Å². The van der Waals surface area contributed by atoms with Gasteiger partial charge in [0.15, 0.2) is 5.82 Å². The molecular formula is C15H26N4O. The molecule has 1 aliphatic heterocycles. The quantitative estimate of drug-likeness (QED) is 0.864. The van der Waals surface area contributed by atoms with Crippen LogP contribution in [0.5, 0.6) is 0 Å². The van der Waals surface area contributed by atoms with Gasteiger partial charge in [-0.3, -0.25) is 0 Å². The van der Waals surface area contributed by atoms with Crippen LogP contribution < -0.4 is 5.32 Å². The zero-order chi connectivity index (χ0) is 13.9. The fourth-order valence-corrected chi connectivity index (χ4v) is 2.84. The molecule has 1 aliphatic carbocycles. The third-order valence-electron chi connectivity index (χ3n) is 4.32. The Hall–Kier alpha value is -0.940. The van der Waals surface area contributed by atoms with Crippen molar-refractivity contribution < 1.29 is 4.52 Å². The molecule has 1 N–H and O–H groups in total. The van der Waals surface area contributed by atoms with Crippen LogP contribution in [0.15, 0.2) is 4.52 Å². The van der Waals surface area contributed by atoms with Crippen molar-refractivity contribution in [1.82, 2.24) is 20.4 Å².